The number of nitrogens with two attached hydrogens (primary N) is 1. The standard InChI is InChI=1S/C20H27N3O/c1-24-19-10-9-15(13-21)12-17(19)14-23-18-8-5-11-22-20(18)16-6-3-2-4-7-16/h2-4,6-7,9-10,12,18,20,22-23H,5,8,11,13-14,21H2,1H3/t18-,20-/m0/s1. The number of benzene rings is 2. The number of ether oxygens (including phenoxy) is 1. The molecule has 0 amide bonds. The summed E-state index contributed by atoms with van der Waals surface area (Å²) in [6, 6.07) is 17.6. The zero-order valence-electron chi connectivity index (χ0n) is 14.3. The highest BCUT2D eigenvalue weighted by Gasteiger charge is 2.25. The maximum atomic E-state index is 5.78. The molecule has 0 aliphatic carbocycles. The zero-order valence-corrected chi connectivity index (χ0v) is 14.3. The van der Waals surface area contributed by atoms with Gasteiger partial charge in [-0.05, 0) is 42.6 Å². The van der Waals surface area contributed by atoms with Crippen molar-refractivity contribution in [2.24, 2.45) is 5.73 Å². The molecule has 0 bridgehead atoms. The first-order chi connectivity index (χ1) is 11.8. The Bertz CT molecular complexity index is 645. The summed E-state index contributed by atoms with van der Waals surface area (Å²) in [7, 11) is 1.72. The fraction of sp³-hybridized carbons (Fsp3) is 0.400. The molecular formula is C20H27N3O. The Hall–Kier alpha value is -1.88. The number of hydrogen-bond acceptors (Lipinski definition) is 4. The minimum absolute atomic E-state index is 0.351. The summed E-state index contributed by atoms with van der Waals surface area (Å²) in [6.45, 7) is 2.41. The molecule has 3 rings (SSSR count). The summed E-state index contributed by atoms with van der Waals surface area (Å²) in [4.78, 5) is 0. The second kappa shape index (κ2) is 8.29. The maximum absolute atomic E-state index is 5.78. The highest BCUT2D eigenvalue weighted by molar-refractivity contribution is 5.37. The molecule has 0 saturated carbocycles. The first kappa shape index (κ1) is 17.0. The minimum Gasteiger partial charge on any atom is -0.496 e. The Morgan fingerprint density at radius 3 is 2.79 bits per heavy atom. The van der Waals surface area contributed by atoms with Crippen LogP contribution in [0, 0.1) is 0 Å². The minimum atomic E-state index is 0.351. The molecule has 24 heavy (non-hydrogen) atoms. The summed E-state index contributed by atoms with van der Waals surface area (Å²) >= 11 is 0. The average molecular weight is 325 g/mol. The number of nitrogens with one attached hydrogen (secondary N) is 2. The molecule has 4 nitrogen and oxygen atoms in total. The van der Waals surface area contributed by atoms with E-state index in [0.29, 0.717) is 18.6 Å². The lowest BCUT2D eigenvalue weighted by atomic mass is 9.92. The van der Waals surface area contributed by atoms with Gasteiger partial charge in [-0.15, -0.1) is 0 Å². The summed E-state index contributed by atoms with van der Waals surface area (Å²) in [6.07, 6.45) is 2.37. The van der Waals surface area contributed by atoms with Gasteiger partial charge in [0.1, 0.15) is 5.75 Å². The molecule has 0 radical (unpaired) electrons. The molecule has 1 fully saturated rings. The van der Waals surface area contributed by atoms with Gasteiger partial charge in [0.05, 0.1) is 7.11 Å². The van der Waals surface area contributed by atoms with Crippen molar-refractivity contribution >= 4 is 0 Å². The van der Waals surface area contributed by atoms with E-state index in [-0.39, 0.29) is 0 Å². The average Bonchev–Trinajstić information content (AvgIpc) is 2.67. The van der Waals surface area contributed by atoms with Gasteiger partial charge in [0, 0.05) is 30.7 Å². The van der Waals surface area contributed by atoms with Crippen LogP contribution in [0.25, 0.3) is 0 Å². The molecule has 4 N–H and O–H groups in total. The third-order valence-corrected chi connectivity index (χ3v) is 4.75. The second-order valence-corrected chi connectivity index (χ2v) is 6.32. The van der Waals surface area contributed by atoms with Crippen LogP contribution in [0.15, 0.2) is 48.5 Å². The van der Waals surface area contributed by atoms with Crippen molar-refractivity contribution in [2.45, 2.75) is 38.0 Å². The summed E-state index contributed by atoms with van der Waals surface area (Å²) in [5.41, 5.74) is 9.42. The maximum Gasteiger partial charge on any atom is 0.123 e. The molecule has 4 heteroatoms. The molecule has 1 saturated heterocycles. The van der Waals surface area contributed by atoms with Crippen LogP contribution in [-0.4, -0.2) is 19.7 Å². The van der Waals surface area contributed by atoms with Crippen molar-refractivity contribution in [3.63, 3.8) is 0 Å². The lowest BCUT2D eigenvalue weighted by molar-refractivity contribution is 0.303. The zero-order chi connectivity index (χ0) is 16.8. The van der Waals surface area contributed by atoms with E-state index in [4.69, 9.17) is 10.5 Å². The smallest absolute Gasteiger partial charge is 0.123 e. The van der Waals surface area contributed by atoms with Crippen LogP contribution in [0.2, 0.25) is 0 Å². The Labute approximate surface area is 144 Å². The lowest BCUT2D eigenvalue weighted by Crippen LogP contribution is -2.45. The van der Waals surface area contributed by atoms with E-state index >= 15 is 0 Å². The third kappa shape index (κ3) is 3.96. The van der Waals surface area contributed by atoms with Gasteiger partial charge in [0.25, 0.3) is 0 Å². The van der Waals surface area contributed by atoms with E-state index in [1.165, 1.54) is 18.4 Å². The van der Waals surface area contributed by atoms with Crippen LogP contribution < -0.4 is 21.1 Å². The van der Waals surface area contributed by atoms with Gasteiger partial charge in [-0.25, -0.2) is 0 Å². The molecule has 2 atom stereocenters. The SMILES string of the molecule is COc1ccc(CN)cc1CN[C@H]1CCCN[C@H]1c1ccccc1. The Balaban J connectivity index is 1.72. The molecule has 1 heterocycles. The molecule has 0 unspecified atom stereocenters. The number of piperidine rings is 1. The van der Waals surface area contributed by atoms with Gasteiger partial charge in [-0.2, -0.15) is 0 Å². The highest BCUT2D eigenvalue weighted by Crippen LogP contribution is 2.25. The van der Waals surface area contributed by atoms with E-state index in [1.54, 1.807) is 7.11 Å². The quantitative estimate of drug-likeness (QED) is 0.764. The molecule has 1 aliphatic rings. The van der Waals surface area contributed by atoms with E-state index in [2.05, 4.69) is 47.0 Å². The van der Waals surface area contributed by atoms with Crippen molar-refractivity contribution in [2.75, 3.05) is 13.7 Å². The van der Waals surface area contributed by atoms with Crippen molar-refractivity contribution in [3.05, 3.63) is 65.2 Å². The van der Waals surface area contributed by atoms with Gasteiger partial charge in [0.15, 0.2) is 0 Å². The van der Waals surface area contributed by atoms with Crippen LogP contribution in [-0.2, 0) is 13.1 Å². The highest BCUT2D eigenvalue weighted by atomic mass is 16.5. The number of rotatable bonds is 6. The molecular weight excluding hydrogens is 298 g/mol. The Kier molecular flexibility index (Phi) is 5.86. The van der Waals surface area contributed by atoms with Gasteiger partial charge in [0.2, 0.25) is 0 Å². The predicted octanol–water partition coefficient (Wildman–Crippen LogP) is 2.74. The third-order valence-electron chi connectivity index (χ3n) is 4.75. The predicted molar refractivity (Wildman–Crippen MR) is 97.9 cm³/mol. The summed E-state index contributed by atoms with van der Waals surface area (Å²) < 4.78 is 5.50. The number of methoxy groups -OCH3 is 1. The van der Waals surface area contributed by atoms with Crippen molar-refractivity contribution in [1.29, 1.82) is 0 Å². The topological polar surface area (TPSA) is 59.3 Å². The lowest BCUT2D eigenvalue weighted by Gasteiger charge is -2.34. The van der Waals surface area contributed by atoms with Gasteiger partial charge in [-0.3, -0.25) is 0 Å². The van der Waals surface area contributed by atoms with E-state index in [1.807, 2.05) is 12.1 Å². The van der Waals surface area contributed by atoms with Crippen LogP contribution in [0.3, 0.4) is 0 Å². The molecule has 0 aromatic heterocycles. The van der Waals surface area contributed by atoms with Crippen molar-refractivity contribution in [1.82, 2.24) is 10.6 Å². The molecule has 2 aromatic rings. The van der Waals surface area contributed by atoms with Crippen molar-refractivity contribution in [3.8, 4) is 5.75 Å². The molecule has 0 spiro atoms. The van der Waals surface area contributed by atoms with E-state index < -0.39 is 0 Å². The first-order valence-electron chi connectivity index (χ1n) is 8.69. The van der Waals surface area contributed by atoms with Crippen LogP contribution >= 0.6 is 0 Å². The second-order valence-electron chi connectivity index (χ2n) is 6.32. The first-order valence-corrected chi connectivity index (χ1v) is 8.69. The van der Waals surface area contributed by atoms with Crippen LogP contribution in [0.1, 0.15) is 35.6 Å². The fourth-order valence-corrected chi connectivity index (χ4v) is 3.46. The Morgan fingerprint density at radius 2 is 2.04 bits per heavy atom. The van der Waals surface area contributed by atoms with Gasteiger partial charge in [-0.1, -0.05) is 36.4 Å². The van der Waals surface area contributed by atoms with Crippen LogP contribution in [0.4, 0.5) is 0 Å². The van der Waals surface area contributed by atoms with Gasteiger partial charge < -0.3 is 21.1 Å². The number of hydrogen-bond donors (Lipinski definition) is 3. The van der Waals surface area contributed by atoms with Gasteiger partial charge >= 0.3 is 0 Å². The largest absolute Gasteiger partial charge is 0.496 e. The normalized spacial score (nSPS) is 20.8. The molecule has 128 valence electrons. The van der Waals surface area contributed by atoms with E-state index in [9.17, 15) is 0 Å². The van der Waals surface area contributed by atoms with Crippen molar-refractivity contribution < 1.29 is 4.74 Å². The summed E-state index contributed by atoms with van der Waals surface area (Å²) in [5, 5.41) is 7.39. The monoisotopic (exact) mass is 325 g/mol. The van der Waals surface area contributed by atoms with Crippen LogP contribution in [0.5, 0.6) is 5.75 Å². The van der Waals surface area contributed by atoms with E-state index in [0.717, 1.165) is 30.0 Å². The summed E-state index contributed by atoms with van der Waals surface area (Å²) in [5.74, 6) is 0.916. The molecule has 1 aliphatic heterocycles. The molecule has 2 aromatic carbocycles. The Morgan fingerprint density at radius 1 is 1.21 bits per heavy atom. The fourth-order valence-electron chi connectivity index (χ4n) is 3.46.